The Morgan fingerprint density at radius 2 is 1.55 bits per heavy atom. The van der Waals surface area contributed by atoms with Crippen LogP contribution in [0.3, 0.4) is 0 Å². The largest absolute Gasteiger partial charge is 0.497 e. The molecule has 33 heavy (non-hydrogen) atoms. The first-order valence-corrected chi connectivity index (χ1v) is 11.5. The molecule has 4 aromatic rings. The number of Topliss-reactive ketones (excluding diaryl/α,β-unsaturated/α-hetero) is 1. The van der Waals surface area contributed by atoms with Gasteiger partial charge in [0.2, 0.25) is 0 Å². The van der Waals surface area contributed by atoms with E-state index in [1.54, 1.807) is 31.4 Å². The number of thiazole rings is 1. The maximum Gasteiger partial charge on any atom is 0.279 e. The van der Waals surface area contributed by atoms with Crippen molar-refractivity contribution in [2.24, 2.45) is 4.99 Å². The molecular weight excluding hydrogens is 432 g/mol. The number of ether oxygens (including phenoxy) is 1. The van der Waals surface area contributed by atoms with E-state index < -0.39 is 0 Å². The van der Waals surface area contributed by atoms with Gasteiger partial charge in [0.1, 0.15) is 5.75 Å². The van der Waals surface area contributed by atoms with E-state index in [4.69, 9.17) is 4.74 Å². The molecular formula is C27H26N2O3S. The molecule has 6 heteroatoms. The number of fused-ring (bicyclic) bond motifs is 1. The van der Waals surface area contributed by atoms with Crippen molar-refractivity contribution >= 4 is 33.2 Å². The van der Waals surface area contributed by atoms with E-state index in [0.29, 0.717) is 21.7 Å². The summed E-state index contributed by atoms with van der Waals surface area (Å²) >= 11 is 1.40. The lowest BCUT2D eigenvalue weighted by Gasteiger charge is -2.19. The Labute approximate surface area is 197 Å². The molecule has 1 heterocycles. The molecule has 0 saturated carbocycles. The molecule has 0 saturated heterocycles. The van der Waals surface area contributed by atoms with Crippen LogP contribution in [0.25, 0.3) is 10.2 Å². The molecule has 0 aliphatic carbocycles. The van der Waals surface area contributed by atoms with Gasteiger partial charge < -0.3 is 9.30 Å². The van der Waals surface area contributed by atoms with Crippen molar-refractivity contribution in [3.8, 4) is 5.75 Å². The molecule has 1 aromatic heterocycles. The van der Waals surface area contributed by atoms with Crippen molar-refractivity contribution in [3.63, 3.8) is 0 Å². The van der Waals surface area contributed by atoms with Crippen molar-refractivity contribution in [2.45, 2.75) is 32.7 Å². The first kappa shape index (κ1) is 22.7. The van der Waals surface area contributed by atoms with Gasteiger partial charge in [0.25, 0.3) is 5.91 Å². The maximum atomic E-state index is 13.1. The lowest BCUT2D eigenvalue weighted by atomic mass is 9.86. The SMILES string of the molecule is COc1ccc(C(=O)N=c2sc3ccccc3n2CC(=O)c2ccc(C(C)(C)C)cc2)cc1. The van der Waals surface area contributed by atoms with Crippen LogP contribution in [0, 0.1) is 0 Å². The topological polar surface area (TPSA) is 60.7 Å². The number of benzene rings is 3. The van der Waals surface area contributed by atoms with E-state index in [-0.39, 0.29) is 23.7 Å². The minimum atomic E-state index is -0.361. The second-order valence-electron chi connectivity index (χ2n) is 8.83. The molecule has 5 nitrogen and oxygen atoms in total. The van der Waals surface area contributed by atoms with Crippen LogP contribution >= 0.6 is 11.3 Å². The van der Waals surface area contributed by atoms with Gasteiger partial charge in [0, 0.05) is 11.1 Å². The normalized spacial score (nSPS) is 12.2. The minimum Gasteiger partial charge on any atom is -0.497 e. The zero-order chi connectivity index (χ0) is 23.6. The van der Waals surface area contributed by atoms with Gasteiger partial charge in [-0.2, -0.15) is 4.99 Å². The number of nitrogens with zero attached hydrogens (tertiary/aromatic N) is 2. The fraction of sp³-hybridized carbons (Fsp3) is 0.222. The standard InChI is InChI=1S/C27H26N2O3S/c1-27(2,3)20-13-9-18(10-14-20)23(30)17-29-22-7-5-6-8-24(22)33-26(29)28-25(31)19-11-15-21(32-4)16-12-19/h5-16H,17H2,1-4H3. The highest BCUT2D eigenvalue weighted by molar-refractivity contribution is 7.16. The molecule has 0 bridgehead atoms. The van der Waals surface area contributed by atoms with Crippen LogP contribution in [0.4, 0.5) is 0 Å². The van der Waals surface area contributed by atoms with Gasteiger partial charge in [-0.3, -0.25) is 9.59 Å². The summed E-state index contributed by atoms with van der Waals surface area (Å²) < 4.78 is 7.94. The second-order valence-corrected chi connectivity index (χ2v) is 9.84. The summed E-state index contributed by atoms with van der Waals surface area (Å²) in [6, 6.07) is 22.3. The van der Waals surface area contributed by atoms with Gasteiger partial charge in [-0.1, -0.05) is 68.5 Å². The Bertz CT molecular complexity index is 1370. The fourth-order valence-corrected chi connectivity index (χ4v) is 4.56. The Morgan fingerprint density at radius 3 is 2.18 bits per heavy atom. The van der Waals surface area contributed by atoms with Crippen molar-refractivity contribution in [1.82, 2.24) is 4.57 Å². The number of hydrogen-bond acceptors (Lipinski definition) is 4. The van der Waals surface area contributed by atoms with Gasteiger partial charge in [0.15, 0.2) is 10.6 Å². The Balaban J connectivity index is 1.69. The predicted octanol–water partition coefficient (Wildman–Crippen LogP) is 5.63. The minimum absolute atomic E-state index is 0.0216. The Hall–Kier alpha value is -3.51. The summed E-state index contributed by atoms with van der Waals surface area (Å²) in [5.41, 5.74) is 3.17. The monoisotopic (exact) mass is 458 g/mol. The third kappa shape index (κ3) is 4.96. The average molecular weight is 459 g/mol. The zero-order valence-corrected chi connectivity index (χ0v) is 20.0. The molecule has 0 aliphatic heterocycles. The van der Waals surface area contributed by atoms with Crippen molar-refractivity contribution in [3.05, 3.63) is 94.3 Å². The molecule has 0 aliphatic rings. The van der Waals surface area contributed by atoms with Crippen molar-refractivity contribution in [1.29, 1.82) is 0 Å². The molecule has 1 amide bonds. The molecule has 0 radical (unpaired) electrons. The number of aromatic nitrogens is 1. The Morgan fingerprint density at radius 1 is 0.909 bits per heavy atom. The number of ketones is 1. The molecule has 0 atom stereocenters. The van der Waals surface area contributed by atoms with Crippen molar-refractivity contribution in [2.75, 3.05) is 7.11 Å². The summed E-state index contributed by atoms with van der Waals surface area (Å²) in [6.07, 6.45) is 0. The smallest absolute Gasteiger partial charge is 0.279 e. The molecule has 0 unspecified atom stereocenters. The highest BCUT2D eigenvalue weighted by atomic mass is 32.1. The summed E-state index contributed by atoms with van der Waals surface area (Å²) in [7, 11) is 1.58. The predicted molar refractivity (Wildman–Crippen MR) is 132 cm³/mol. The van der Waals surface area contributed by atoms with Gasteiger partial charge in [-0.05, 0) is 47.4 Å². The first-order chi connectivity index (χ1) is 15.8. The van der Waals surface area contributed by atoms with Crippen LogP contribution in [0.1, 0.15) is 47.1 Å². The molecule has 0 fully saturated rings. The van der Waals surface area contributed by atoms with Crippen LogP contribution in [-0.2, 0) is 12.0 Å². The third-order valence-electron chi connectivity index (χ3n) is 5.50. The highest BCUT2D eigenvalue weighted by Crippen LogP contribution is 2.23. The van der Waals surface area contributed by atoms with E-state index in [2.05, 4.69) is 25.8 Å². The molecule has 168 valence electrons. The lowest BCUT2D eigenvalue weighted by molar-refractivity contribution is 0.0964. The van der Waals surface area contributed by atoms with Crippen LogP contribution in [0.2, 0.25) is 0 Å². The van der Waals surface area contributed by atoms with Crippen LogP contribution in [0.15, 0.2) is 77.8 Å². The van der Waals surface area contributed by atoms with E-state index in [0.717, 1.165) is 10.2 Å². The van der Waals surface area contributed by atoms with E-state index in [1.165, 1.54) is 16.9 Å². The van der Waals surface area contributed by atoms with Crippen molar-refractivity contribution < 1.29 is 14.3 Å². The number of para-hydroxylation sites is 1. The number of methoxy groups -OCH3 is 1. The summed E-state index contributed by atoms with van der Waals surface area (Å²) in [4.78, 5) is 30.8. The first-order valence-electron chi connectivity index (χ1n) is 10.7. The molecule has 0 spiro atoms. The number of carbonyl (C=O) groups is 2. The molecule has 0 N–H and O–H groups in total. The van der Waals surface area contributed by atoms with Gasteiger partial charge in [-0.15, -0.1) is 0 Å². The maximum absolute atomic E-state index is 13.1. The average Bonchev–Trinajstić information content (AvgIpc) is 3.15. The highest BCUT2D eigenvalue weighted by Gasteiger charge is 2.16. The van der Waals surface area contributed by atoms with Crippen LogP contribution < -0.4 is 9.54 Å². The third-order valence-corrected chi connectivity index (χ3v) is 6.56. The summed E-state index contributed by atoms with van der Waals surface area (Å²) in [5.74, 6) is 0.281. The second kappa shape index (κ2) is 9.16. The van der Waals surface area contributed by atoms with Crippen LogP contribution in [0.5, 0.6) is 5.75 Å². The quantitative estimate of drug-likeness (QED) is 0.364. The number of carbonyl (C=O) groups excluding carboxylic acids is 2. The molecule has 4 rings (SSSR count). The Kier molecular flexibility index (Phi) is 6.29. The van der Waals surface area contributed by atoms with Gasteiger partial charge in [0.05, 0.1) is 23.9 Å². The van der Waals surface area contributed by atoms with Gasteiger partial charge in [-0.25, -0.2) is 0 Å². The number of amides is 1. The number of hydrogen-bond donors (Lipinski definition) is 0. The molecule has 3 aromatic carbocycles. The van der Waals surface area contributed by atoms with E-state index in [1.807, 2.05) is 53.1 Å². The fourth-order valence-electron chi connectivity index (χ4n) is 3.53. The lowest BCUT2D eigenvalue weighted by Crippen LogP contribution is -2.22. The van der Waals surface area contributed by atoms with E-state index in [9.17, 15) is 9.59 Å². The van der Waals surface area contributed by atoms with Gasteiger partial charge >= 0.3 is 0 Å². The van der Waals surface area contributed by atoms with Crippen LogP contribution in [-0.4, -0.2) is 23.4 Å². The summed E-state index contributed by atoms with van der Waals surface area (Å²) in [6.45, 7) is 6.54. The van der Waals surface area contributed by atoms with E-state index >= 15 is 0 Å². The summed E-state index contributed by atoms with van der Waals surface area (Å²) in [5, 5.41) is 0. The number of rotatable bonds is 5. The zero-order valence-electron chi connectivity index (χ0n) is 19.2.